The smallest absolute Gasteiger partial charge is 0.336 e. The molecule has 0 spiro atoms. The summed E-state index contributed by atoms with van der Waals surface area (Å²) in [5.74, 6) is -4.78. The van der Waals surface area contributed by atoms with Crippen molar-refractivity contribution in [1.29, 1.82) is 0 Å². The van der Waals surface area contributed by atoms with Crippen LogP contribution < -0.4 is 29.8 Å². The van der Waals surface area contributed by atoms with Gasteiger partial charge in [-0.05, 0) is 106 Å². The molecule has 11 rings (SSSR count). The van der Waals surface area contributed by atoms with Crippen molar-refractivity contribution in [3.05, 3.63) is 303 Å². The van der Waals surface area contributed by atoms with Gasteiger partial charge in [-0.2, -0.15) is 0 Å². The van der Waals surface area contributed by atoms with Crippen LogP contribution >= 0.6 is 11.6 Å². The summed E-state index contributed by atoms with van der Waals surface area (Å²) in [5.41, 5.74) is 3.41. The van der Waals surface area contributed by atoms with Gasteiger partial charge in [0.05, 0.1) is 0 Å². The second-order valence-corrected chi connectivity index (χ2v) is 20.0. The highest BCUT2D eigenvalue weighted by Crippen LogP contribution is 2.38. The van der Waals surface area contributed by atoms with Gasteiger partial charge in [-0.1, -0.05) is 158 Å². The molecule has 2 aromatic heterocycles. The SMILES string of the molecule is O=C(/C=C/c1ccccc1)Oc1cc(OC(=O)/C=C/c2ccccc2)c2c(=O)cc(-c3ccc(OC(=O)/C=C/c4ccccc4)c(OC(=O)/C=C/c4ccccc4)c3)oc2c1.O=C(Cl)/C=C/c1ccccc1.O=c1cc(-c2ccc(O)c(O)c2)oc2cc(O)cc(O)c12. The molecule has 17 nitrogen and oxygen atoms in total. The summed E-state index contributed by atoms with van der Waals surface area (Å²) in [6.45, 7) is 0. The molecular weight excluding hydrogens is 1210 g/mol. The Hall–Kier alpha value is -12.9. The predicted molar refractivity (Wildman–Crippen MR) is 353 cm³/mol. The third-order valence-corrected chi connectivity index (χ3v) is 13.1. The van der Waals surface area contributed by atoms with E-state index in [4.69, 9.17) is 39.4 Å². The maximum atomic E-state index is 13.9. The molecule has 0 aliphatic heterocycles. The molecule has 4 N–H and O–H groups in total. The molecule has 460 valence electrons. The van der Waals surface area contributed by atoms with Gasteiger partial charge in [0.1, 0.15) is 56.5 Å². The number of phenolic OH excluding ortho intramolecular Hbond substituents is 4. The van der Waals surface area contributed by atoms with E-state index in [0.717, 1.165) is 46.0 Å². The number of hydrogen-bond acceptors (Lipinski definition) is 17. The Labute approximate surface area is 534 Å². The minimum atomic E-state index is -0.808. The van der Waals surface area contributed by atoms with Crippen molar-refractivity contribution in [2.45, 2.75) is 0 Å². The Bertz CT molecular complexity index is 4800. The molecular formula is C75H51ClO17. The molecule has 0 radical (unpaired) electrons. The van der Waals surface area contributed by atoms with Crippen molar-refractivity contribution < 1.29 is 72.2 Å². The number of allylic oxidation sites excluding steroid dienone is 1. The minimum absolute atomic E-state index is 0.00910. The van der Waals surface area contributed by atoms with Crippen LogP contribution in [-0.4, -0.2) is 49.5 Å². The second kappa shape index (κ2) is 31.4. The van der Waals surface area contributed by atoms with E-state index >= 15 is 0 Å². The number of rotatable bonds is 16. The summed E-state index contributed by atoms with van der Waals surface area (Å²) in [7, 11) is 0. The molecule has 0 unspecified atom stereocenters. The Balaban J connectivity index is 0.000000257. The Kier molecular flexibility index (Phi) is 21.8. The standard InChI is InChI=1S/C51H34O10.C15H10O6.C9H7ClO/c52-41-34-43(39-25-26-42(59-48(54)28-22-36-15-7-2-8-16-36)44(31-39)60-49(55)29-23-37-17-9-3-10-18-37)58-45-32-40(57-47(53)27-21-35-13-5-1-6-14-35)33-46(51(41)45)61-50(56)30-24-38-19-11-4-12-20-38;16-8-4-11(19)15-12(20)6-13(21-14(15)5-8)7-1-2-9(17)10(18)3-7;10-9(11)7-6-8-4-2-1-3-5-8/h1-34H;1-6,16-19H;1-7H/b27-21+,28-22+,29-23+,30-24+;;7-6+. The van der Waals surface area contributed by atoms with E-state index in [1.807, 2.05) is 127 Å². The highest BCUT2D eigenvalue weighted by molar-refractivity contribution is 6.66. The fraction of sp³-hybridized carbons (Fsp3) is 0. The van der Waals surface area contributed by atoms with Crippen LogP contribution in [0, 0.1) is 0 Å². The van der Waals surface area contributed by atoms with Crippen molar-refractivity contribution >= 4 is 93.0 Å². The van der Waals surface area contributed by atoms with E-state index in [1.165, 1.54) is 85.0 Å². The van der Waals surface area contributed by atoms with Gasteiger partial charge in [-0.25, -0.2) is 19.2 Å². The number of esters is 4. The average Bonchev–Trinajstić information content (AvgIpc) is 0.797. The first-order valence-corrected chi connectivity index (χ1v) is 28.4. The maximum absolute atomic E-state index is 13.9. The van der Waals surface area contributed by atoms with Crippen LogP contribution in [0.3, 0.4) is 0 Å². The number of ether oxygens (including phenoxy) is 4. The van der Waals surface area contributed by atoms with Crippen molar-refractivity contribution in [3.63, 3.8) is 0 Å². The molecule has 0 aliphatic rings. The quantitative estimate of drug-likeness (QED) is 0.0230. The maximum Gasteiger partial charge on any atom is 0.336 e. The fourth-order valence-corrected chi connectivity index (χ4v) is 8.69. The van der Waals surface area contributed by atoms with Crippen LogP contribution in [0.5, 0.6) is 46.0 Å². The minimum Gasteiger partial charge on any atom is -0.508 e. The number of carbonyl (C=O) groups excluding carboxylic acids is 5. The number of carbonyl (C=O) groups is 5. The molecule has 0 atom stereocenters. The first-order valence-electron chi connectivity index (χ1n) is 28.0. The zero-order chi connectivity index (χ0) is 65.6. The second-order valence-electron chi connectivity index (χ2n) is 19.7. The number of aromatic hydroxyl groups is 4. The summed E-state index contributed by atoms with van der Waals surface area (Å²) in [5, 5.41) is 37.3. The molecule has 0 amide bonds. The number of benzene rings is 9. The van der Waals surface area contributed by atoms with E-state index < -0.39 is 40.0 Å². The zero-order valence-corrected chi connectivity index (χ0v) is 49.4. The largest absolute Gasteiger partial charge is 0.508 e. The predicted octanol–water partition coefficient (Wildman–Crippen LogP) is 14.7. The van der Waals surface area contributed by atoms with Gasteiger partial charge in [0.2, 0.25) is 5.24 Å². The third-order valence-electron chi connectivity index (χ3n) is 13.0. The molecule has 93 heavy (non-hydrogen) atoms. The van der Waals surface area contributed by atoms with Crippen LogP contribution in [0.25, 0.3) is 75.0 Å². The van der Waals surface area contributed by atoms with E-state index in [9.17, 15) is 54.0 Å². The highest BCUT2D eigenvalue weighted by atomic mass is 35.5. The van der Waals surface area contributed by atoms with Crippen molar-refractivity contribution in [2.24, 2.45) is 0 Å². The van der Waals surface area contributed by atoms with E-state index in [0.29, 0.717) is 5.56 Å². The Morgan fingerprint density at radius 2 is 0.731 bits per heavy atom. The lowest BCUT2D eigenvalue weighted by molar-refractivity contribution is -0.131. The lowest BCUT2D eigenvalue weighted by Crippen LogP contribution is -2.10. The summed E-state index contributed by atoms with van der Waals surface area (Å²) in [4.78, 5) is 88.2. The highest BCUT2D eigenvalue weighted by Gasteiger charge is 2.21. The number of fused-ring (bicyclic) bond motifs is 2. The molecule has 9 aromatic carbocycles. The van der Waals surface area contributed by atoms with Gasteiger partial charge >= 0.3 is 23.9 Å². The van der Waals surface area contributed by atoms with Crippen molar-refractivity contribution in [3.8, 4) is 68.6 Å². The van der Waals surface area contributed by atoms with Gasteiger partial charge in [0.25, 0.3) is 0 Å². The monoisotopic (exact) mass is 1260 g/mol. The fourth-order valence-electron chi connectivity index (χ4n) is 8.63. The molecule has 2 heterocycles. The topological polar surface area (TPSA) is 264 Å². The summed E-state index contributed by atoms with van der Waals surface area (Å²) in [6.07, 6.45) is 14.1. The molecule has 0 aliphatic carbocycles. The Morgan fingerprint density at radius 3 is 1.18 bits per heavy atom. The molecule has 0 bridgehead atoms. The van der Waals surface area contributed by atoms with Crippen LogP contribution in [0.15, 0.2) is 273 Å². The number of phenols is 4. The van der Waals surface area contributed by atoms with Gasteiger partial charge in [-0.15, -0.1) is 0 Å². The molecule has 0 fully saturated rings. The van der Waals surface area contributed by atoms with Gasteiger partial charge in [0, 0.05) is 71.8 Å². The number of hydrogen-bond donors (Lipinski definition) is 4. The summed E-state index contributed by atoms with van der Waals surface area (Å²) in [6, 6.07) is 61.2. The average molecular weight is 1260 g/mol. The molecule has 11 aromatic rings. The molecule has 0 saturated heterocycles. The molecule has 0 saturated carbocycles. The Morgan fingerprint density at radius 1 is 0.344 bits per heavy atom. The van der Waals surface area contributed by atoms with E-state index in [1.54, 1.807) is 54.6 Å². The van der Waals surface area contributed by atoms with Crippen LogP contribution in [0.1, 0.15) is 27.8 Å². The van der Waals surface area contributed by atoms with Gasteiger partial charge in [0.15, 0.2) is 33.9 Å². The van der Waals surface area contributed by atoms with E-state index in [-0.39, 0.29) is 85.0 Å². The summed E-state index contributed by atoms with van der Waals surface area (Å²) < 4.78 is 34.2. The summed E-state index contributed by atoms with van der Waals surface area (Å²) >= 11 is 5.10. The van der Waals surface area contributed by atoms with Crippen LogP contribution in [0.2, 0.25) is 0 Å². The van der Waals surface area contributed by atoms with Crippen LogP contribution in [-0.2, 0) is 24.0 Å². The van der Waals surface area contributed by atoms with Crippen molar-refractivity contribution in [2.75, 3.05) is 0 Å². The zero-order valence-electron chi connectivity index (χ0n) is 48.6. The van der Waals surface area contributed by atoms with E-state index in [2.05, 4.69) is 0 Å². The van der Waals surface area contributed by atoms with Gasteiger partial charge in [-0.3, -0.25) is 14.4 Å². The van der Waals surface area contributed by atoms with Crippen molar-refractivity contribution in [1.82, 2.24) is 0 Å². The first kappa shape index (κ1) is 64.6. The first-order chi connectivity index (χ1) is 45.0. The van der Waals surface area contributed by atoms with Crippen LogP contribution in [0.4, 0.5) is 0 Å². The lowest BCUT2D eigenvalue weighted by atomic mass is 10.1. The third kappa shape index (κ3) is 18.8. The molecule has 18 heteroatoms. The lowest BCUT2D eigenvalue weighted by Gasteiger charge is -2.12. The normalized spacial score (nSPS) is 11.1. The number of halogens is 1. The van der Waals surface area contributed by atoms with Gasteiger partial charge < -0.3 is 48.2 Å².